The summed E-state index contributed by atoms with van der Waals surface area (Å²) in [6.45, 7) is 2.13. The zero-order valence-electron chi connectivity index (χ0n) is 11.9. The van der Waals surface area contributed by atoms with Crippen molar-refractivity contribution in [1.82, 2.24) is 0 Å². The molecule has 1 aromatic rings. The molecule has 0 bridgehead atoms. The van der Waals surface area contributed by atoms with E-state index in [0.717, 1.165) is 25.7 Å². The number of nitro groups is 1. The third-order valence-electron chi connectivity index (χ3n) is 3.98. The summed E-state index contributed by atoms with van der Waals surface area (Å²) in [5.41, 5.74) is -0.217. The van der Waals surface area contributed by atoms with Crippen LogP contribution in [0.3, 0.4) is 0 Å². The molecule has 2 rings (SSSR count). The minimum Gasteiger partial charge on any atom is -0.459 e. The van der Waals surface area contributed by atoms with Gasteiger partial charge in [-0.25, -0.2) is 4.79 Å². The highest BCUT2D eigenvalue weighted by Crippen LogP contribution is 2.31. The lowest BCUT2D eigenvalue weighted by Gasteiger charge is -2.28. The molecule has 0 aliphatic heterocycles. The zero-order valence-corrected chi connectivity index (χ0v) is 12.6. The number of benzene rings is 1. The molecule has 0 aromatic heterocycles. The number of rotatable bonds is 4. The molecule has 0 heterocycles. The molecule has 0 saturated heterocycles. The highest BCUT2D eigenvalue weighted by Gasteiger charge is 2.26. The summed E-state index contributed by atoms with van der Waals surface area (Å²) in [6, 6.07) is 4.17. The van der Waals surface area contributed by atoms with Gasteiger partial charge in [0.25, 0.3) is 5.69 Å². The molecule has 6 heteroatoms. The maximum atomic E-state index is 12.2. The number of carbonyl (C=O) groups excluding carboxylic acids is 1. The topological polar surface area (TPSA) is 69.4 Å². The Labute approximate surface area is 128 Å². The second-order valence-electron chi connectivity index (χ2n) is 5.36. The van der Waals surface area contributed by atoms with Crippen molar-refractivity contribution >= 4 is 23.3 Å². The monoisotopic (exact) mass is 311 g/mol. The number of ether oxygens (including phenoxy) is 1. The van der Waals surface area contributed by atoms with E-state index < -0.39 is 10.9 Å². The molecule has 0 amide bonds. The average Bonchev–Trinajstić information content (AvgIpc) is 2.47. The Morgan fingerprint density at radius 2 is 2.24 bits per heavy atom. The standard InChI is InChI=1S/C15H18ClNO4/c1-2-10-5-3-6-11(9-10)21-15(18)12-7-4-8-13(14(12)16)17(19)20/h4,7-8,10-11H,2-3,5-6,9H2,1H3. The van der Waals surface area contributed by atoms with Gasteiger partial charge < -0.3 is 4.74 Å². The molecular formula is C15H18ClNO4. The van der Waals surface area contributed by atoms with Crippen molar-refractivity contribution in [2.75, 3.05) is 0 Å². The van der Waals surface area contributed by atoms with E-state index in [2.05, 4.69) is 6.92 Å². The normalized spacial score (nSPS) is 21.8. The average molecular weight is 312 g/mol. The molecule has 5 nitrogen and oxygen atoms in total. The highest BCUT2D eigenvalue weighted by molar-refractivity contribution is 6.35. The Morgan fingerprint density at radius 1 is 1.48 bits per heavy atom. The van der Waals surface area contributed by atoms with E-state index in [-0.39, 0.29) is 22.4 Å². The van der Waals surface area contributed by atoms with Gasteiger partial charge in [-0.1, -0.05) is 37.4 Å². The first-order valence-electron chi connectivity index (χ1n) is 7.16. The summed E-state index contributed by atoms with van der Waals surface area (Å²) < 4.78 is 5.48. The molecule has 114 valence electrons. The summed E-state index contributed by atoms with van der Waals surface area (Å²) in [7, 11) is 0. The van der Waals surface area contributed by atoms with E-state index in [1.54, 1.807) is 0 Å². The molecule has 1 aromatic carbocycles. The van der Waals surface area contributed by atoms with Gasteiger partial charge in [-0.2, -0.15) is 0 Å². The van der Waals surface area contributed by atoms with E-state index in [9.17, 15) is 14.9 Å². The van der Waals surface area contributed by atoms with Crippen molar-refractivity contribution < 1.29 is 14.5 Å². The third-order valence-corrected chi connectivity index (χ3v) is 4.38. The molecule has 0 spiro atoms. The number of nitro benzene ring substituents is 1. The first-order valence-corrected chi connectivity index (χ1v) is 7.54. The van der Waals surface area contributed by atoms with Crippen LogP contribution in [-0.2, 0) is 4.74 Å². The second-order valence-corrected chi connectivity index (χ2v) is 5.74. The maximum absolute atomic E-state index is 12.2. The highest BCUT2D eigenvalue weighted by atomic mass is 35.5. The van der Waals surface area contributed by atoms with Crippen molar-refractivity contribution in [3.63, 3.8) is 0 Å². The lowest BCUT2D eigenvalue weighted by atomic mass is 9.85. The van der Waals surface area contributed by atoms with Gasteiger partial charge >= 0.3 is 5.97 Å². The Hall–Kier alpha value is -1.62. The third kappa shape index (κ3) is 3.73. The predicted molar refractivity (Wildman–Crippen MR) is 79.6 cm³/mol. The summed E-state index contributed by atoms with van der Waals surface area (Å²) in [6.07, 6.45) is 4.86. The smallest absolute Gasteiger partial charge is 0.340 e. The lowest BCUT2D eigenvalue weighted by Crippen LogP contribution is -2.25. The molecule has 0 N–H and O–H groups in total. The summed E-state index contributed by atoms with van der Waals surface area (Å²) >= 11 is 5.93. The number of esters is 1. The Bertz CT molecular complexity index is 546. The molecule has 0 radical (unpaired) electrons. The first kappa shape index (κ1) is 15.8. The largest absolute Gasteiger partial charge is 0.459 e. The lowest BCUT2D eigenvalue weighted by molar-refractivity contribution is -0.384. The molecule has 1 saturated carbocycles. The van der Waals surface area contributed by atoms with E-state index >= 15 is 0 Å². The minimum absolute atomic E-state index is 0.0597. The van der Waals surface area contributed by atoms with Crippen molar-refractivity contribution in [2.24, 2.45) is 5.92 Å². The van der Waals surface area contributed by atoms with Gasteiger partial charge in [0.15, 0.2) is 0 Å². The fourth-order valence-corrected chi connectivity index (χ4v) is 3.02. The second kappa shape index (κ2) is 6.89. The first-order chi connectivity index (χ1) is 10.0. The number of halogens is 1. The van der Waals surface area contributed by atoms with Crippen LogP contribution >= 0.6 is 11.6 Å². The number of carbonyl (C=O) groups is 1. The van der Waals surface area contributed by atoms with Gasteiger partial charge in [-0.15, -0.1) is 0 Å². The van der Waals surface area contributed by atoms with Crippen LogP contribution in [0.4, 0.5) is 5.69 Å². The SMILES string of the molecule is CCC1CCCC(OC(=O)c2cccc([N+](=O)[O-])c2Cl)C1. The van der Waals surface area contributed by atoms with Crippen LogP contribution in [0.5, 0.6) is 0 Å². The van der Waals surface area contributed by atoms with Gasteiger partial charge in [0.05, 0.1) is 10.5 Å². The predicted octanol–water partition coefficient (Wildman–Crippen LogP) is 4.37. The van der Waals surface area contributed by atoms with Gasteiger partial charge in [-0.3, -0.25) is 10.1 Å². The van der Waals surface area contributed by atoms with Crippen molar-refractivity contribution in [1.29, 1.82) is 0 Å². The van der Waals surface area contributed by atoms with Crippen molar-refractivity contribution in [3.05, 3.63) is 38.9 Å². The van der Waals surface area contributed by atoms with Gasteiger partial charge in [0.1, 0.15) is 11.1 Å². The molecule has 1 aliphatic rings. The van der Waals surface area contributed by atoms with Crippen LogP contribution in [0.2, 0.25) is 5.02 Å². The Balaban J connectivity index is 2.10. The number of hydrogen-bond acceptors (Lipinski definition) is 4. The Morgan fingerprint density at radius 3 is 2.90 bits per heavy atom. The molecule has 1 aliphatic carbocycles. The maximum Gasteiger partial charge on any atom is 0.340 e. The van der Waals surface area contributed by atoms with Crippen LogP contribution in [0.1, 0.15) is 49.4 Å². The number of hydrogen-bond donors (Lipinski definition) is 0. The van der Waals surface area contributed by atoms with E-state index in [1.807, 2.05) is 0 Å². The van der Waals surface area contributed by atoms with E-state index in [0.29, 0.717) is 5.92 Å². The summed E-state index contributed by atoms with van der Waals surface area (Å²) in [5, 5.41) is 10.7. The number of nitrogens with zero attached hydrogens (tertiary/aromatic N) is 1. The molecule has 2 unspecified atom stereocenters. The molecule has 1 fully saturated rings. The van der Waals surface area contributed by atoms with Gasteiger partial charge in [0, 0.05) is 6.07 Å². The Kier molecular flexibility index (Phi) is 5.17. The van der Waals surface area contributed by atoms with E-state index in [4.69, 9.17) is 16.3 Å². The van der Waals surface area contributed by atoms with Crippen molar-refractivity contribution in [2.45, 2.75) is 45.1 Å². The van der Waals surface area contributed by atoms with Gasteiger partial charge in [0.2, 0.25) is 0 Å². The quantitative estimate of drug-likeness (QED) is 0.470. The fraction of sp³-hybridized carbons (Fsp3) is 0.533. The molecular weight excluding hydrogens is 294 g/mol. The molecule has 21 heavy (non-hydrogen) atoms. The summed E-state index contributed by atoms with van der Waals surface area (Å²) in [5.74, 6) is 0.00239. The van der Waals surface area contributed by atoms with Crippen LogP contribution in [0.15, 0.2) is 18.2 Å². The van der Waals surface area contributed by atoms with Crippen LogP contribution < -0.4 is 0 Å². The fourth-order valence-electron chi connectivity index (χ4n) is 2.75. The van der Waals surface area contributed by atoms with Gasteiger partial charge in [-0.05, 0) is 31.2 Å². The van der Waals surface area contributed by atoms with E-state index in [1.165, 1.54) is 24.6 Å². The zero-order chi connectivity index (χ0) is 15.4. The van der Waals surface area contributed by atoms with Crippen LogP contribution in [-0.4, -0.2) is 17.0 Å². The van der Waals surface area contributed by atoms with Crippen LogP contribution in [0, 0.1) is 16.0 Å². The minimum atomic E-state index is -0.604. The summed E-state index contributed by atoms with van der Waals surface area (Å²) in [4.78, 5) is 22.4. The van der Waals surface area contributed by atoms with Crippen LogP contribution in [0.25, 0.3) is 0 Å². The van der Waals surface area contributed by atoms with Crippen molar-refractivity contribution in [3.8, 4) is 0 Å². The molecule has 2 atom stereocenters.